The van der Waals surface area contributed by atoms with Gasteiger partial charge in [0.1, 0.15) is 10.8 Å². The largest absolute Gasteiger partial charge is 0.396 e. The third kappa shape index (κ3) is 2.84. The summed E-state index contributed by atoms with van der Waals surface area (Å²) in [5.74, 6) is -0.823. The van der Waals surface area contributed by atoms with E-state index in [0.717, 1.165) is 9.88 Å². The molecule has 1 aromatic heterocycles. The summed E-state index contributed by atoms with van der Waals surface area (Å²) in [6.07, 6.45) is 1.75. The van der Waals surface area contributed by atoms with E-state index >= 15 is 0 Å². The minimum atomic E-state index is -0.526. The first-order valence-corrected chi connectivity index (χ1v) is 6.12. The first-order chi connectivity index (χ1) is 8.56. The summed E-state index contributed by atoms with van der Waals surface area (Å²) >= 11 is 1.52. The van der Waals surface area contributed by atoms with Gasteiger partial charge in [-0.05, 0) is 25.1 Å². The van der Waals surface area contributed by atoms with Gasteiger partial charge in [0.05, 0.1) is 12.2 Å². The maximum absolute atomic E-state index is 13.0. The molecule has 0 aliphatic carbocycles. The Balaban J connectivity index is 2.01. The first-order valence-electron chi connectivity index (χ1n) is 5.31. The van der Waals surface area contributed by atoms with Gasteiger partial charge in [-0.25, -0.2) is 9.37 Å². The van der Waals surface area contributed by atoms with Gasteiger partial charge < -0.3 is 11.1 Å². The summed E-state index contributed by atoms with van der Waals surface area (Å²) in [5.41, 5.74) is 5.70. The number of rotatable bonds is 3. The van der Waals surface area contributed by atoms with Crippen molar-refractivity contribution in [2.75, 3.05) is 5.73 Å². The van der Waals surface area contributed by atoms with Gasteiger partial charge in [-0.1, -0.05) is 0 Å². The highest BCUT2D eigenvalue weighted by molar-refractivity contribution is 7.11. The molecule has 1 heterocycles. The van der Waals surface area contributed by atoms with Crippen LogP contribution in [0.4, 0.5) is 10.1 Å². The minimum Gasteiger partial charge on any atom is -0.396 e. The summed E-state index contributed by atoms with van der Waals surface area (Å²) in [5, 5.41) is 3.54. The minimum absolute atomic E-state index is 0.0345. The van der Waals surface area contributed by atoms with Crippen molar-refractivity contribution in [3.63, 3.8) is 0 Å². The van der Waals surface area contributed by atoms with Crippen molar-refractivity contribution in [3.05, 3.63) is 45.7 Å². The third-order valence-electron chi connectivity index (χ3n) is 2.33. The van der Waals surface area contributed by atoms with Gasteiger partial charge in [-0.2, -0.15) is 0 Å². The highest BCUT2D eigenvalue weighted by Gasteiger charge is 2.08. The molecule has 2 aromatic rings. The second-order valence-corrected chi connectivity index (χ2v) is 5.10. The third-order valence-corrected chi connectivity index (χ3v) is 3.24. The Hall–Kier alpha value is -1.95. The van der Waals surface area contributed by atoms with E-state index in [1.807, 2.05) is 6.92 Å². The average molecular weight is 265 g/mol. The number of nitrogen functional groups attached to an aromatic ring is 1. The molecule has 18 heavy (non-hydrogen) atoms. The number of aryl methyl sites for hydroxylation is 1. The molecule has 0 atom stereocenters. The van der Waals surface area contributed by atoms with E-state index in [9.17, 15) is 9.18 Å². The van der Waals surface area contributed by atoms with E-state index in [0.29, 0.717) is 12.1 Å². The highest BCUT2D eigenvalue weighted by Crippen LogP contribution is 2.13. The van der Waals surface area contributed by atoms with E-state index in [2.05, 4.69) is 10.3 Å². The molecule has 6 heteroatoms. The van der Waals surface area contributed by atoms with Gasteiger partial charge in [-0.15, -0.1) is 11.3 Å². The van der Waals surface area contributed by atoms with E-state index < -0.39 is 5.82 Å². The molecule has 94 valence electrons. The van der Waals surface area contributed by atoms with Crippen molar-refractivity contribution >= 4 is 22.9 Å². The molecule has 0 saturated carbocycles. The van der Waals surface area contributed by atoms with Crippen molar-refractivity contribution < 1.29 is 9.18 Å². The molecule has 0 bridgehead atoms. The van der Waals surface area contributed by atoms with Crippen LogP contribution in [0.15, 0.2) is 24.4 Å². The van der Waals surface area contributed by atoms with Crippen LogP contribution >= 0.6 is 11.3 Å². The number of nitrogens with one attached hydrogen (secondary N) is 1. The van der Waals surface area contributed by atoms with Gasteiger partial charge in [-0.3, -0.25) is 4.79 Å². The summed E-state index contributed by atoms with van der Waals surface area (Å²) in [6, 6.07) is 3.89. The number of halogens is 1. The number of carbonyl (C=O) groups excluding carboxylic acids is 1. The number of benzene rings is 1. The molecular weight excluding hydrogens is 253 g/mol. The van der Waals surface area contributed by atoms with Crippen LogP contribution < -0.4 is 11.1 Å². The number of amides is 1. The molecule has 3 N–H and O–H groups in total. The van der Waals surface area contributed by atoms with Crippen LogP contribution in [0.3, 0.4) is 0 Å². The lowest BCUT2D eigenvalue weighted by molar-refractivity contribution is 0.0951. The molecule has 2 rings (SSSR count). The van der Waals surface area contributed by atoms with Crippen LogP contribution in [0.25, 0.3) is 0 Å². The monoisotopic (exact) mass is 265 g/mol. The smallest absolute Gasteiger partial charge is 0.251 e. The summed E-state index contributed by atoms with van der Waals surface area (Å²) < 4.78 is 13.0. The molecule has 0 radical (unpaired) electrons. The quantitative estimate of drug-likeness (QED) is 0.835. The molecule has 0 unspecified atom stereocenters. The Labute approximate surface area is 108 Å². The molecule has 4 nitrogen and oxygen atoms in total. The van der Waals surface area contributed by atoms with E-state index in [1.165, 1.54) is 29.5 Å². The molecule has 1 amide bonds. The van der Waals surface area contributed by atoms with Gasteiger partial charge in [0, 0.05) is 16.6 Å². The second kappa shape index (κ2) is 5.14. The van der Waals surface area contributed by atoms with E-state index in [1.54, 1.807) is 6.20 Å². The molecule has 0 fully saturated rings. The summed E-state index contributed by atoms with van der Waals surface area (Å²) in [7, 11) is 0. The predicted molar refractivity (Wildman–Crippen MR) is 68.8 cm³/mol. The fourth-order valence-corrected chi connectivity index (χ4v) is 2.15. The average Bonchev–Trinajstić information content (AvgIpc) is 2.75. The molecular formula is C12H12FN3OS. The number of aromatic nitrogens is 1. The van der Waals surface area contributed by atoms with Gasteiger partial charge >= 0.3 is 0 Å². The Morgan fingerprint density at radius 2 is 2.33 bits per heavy atom. The number of anilines is 1. The van der Waals surface area contributed by atoms with E-state index in [4.69, 9.17) is 5.73 Å². The fourth-order valence-electron chi connectivity index (χ4n) is 1.43. The summed E-state index contributed by atoms with van der Waals surface area (Å²) in [4.78, 5) is 17.0. The lowest BCUT2D eigenvalue weighted by Crippen LogP contribution is -2.22. The lowest BCUT2D eigenvalue weighted by Gasteiger charge is -2.04. The standard InChI is InChI=1S/C12H12FN3OS/c1-7-5-15-11(18-7)6-16-12(17)8-2-3-9(13)10(14)4-8/h2-5H,6,14H2,1H3,(H,16,17). The van der Waals surface area contributed by atoms with Crippen LogP contribution in [-0.4, -0.2) is 10.9 Å². The maximum atomic E-state index is 13.0. The fraction of sp³-hybridized carbons (Fsp3) is 0.167. The molecule has 0 aliphatic heterocycles. The van der Waals surface area contributed by atoms with Crippen LogP contribution in [0.5, 0.6) is 0 Å². The van der Waals surface area contributed by atoms with Crippen LogP contribution in [0.2, 0.25) is 0 Å². The zero-order chi connectivity index (χ0) is 13.1. The number of hydrogen-bond acceptors (Lipinski definition) is 4. The number of hydrogen-bond donors (Lipinski definition) is 2. The number of nitrogens with two attached hydrogens (primary N) is 1. The Morgan fingerprint density at radius 3 is 2.94 bits per heavy atom. The van der Waals surface area contributed by atoms with Crippen LogP contribution in [0, 0.1) is 12.7 Å². The van der Waals surface area contributed by atoms with Crippen molar-refractivity contribution in [2.24, 2.45) is 0 Å². The predicted octanol–water partition coefficient (Wildman–Crippen LogP) is 2.10. The Morgan fingerprint density at radius 1 is 1.56 bits per heavy atom. The normalized spacial score (nSPS) is 10.3. The lowest BCUT2D eigenvalue weighted by atomic mass is 10.2. The number of carbonyl (C=O) groups is 1. The van der Waals surface area contributed by atoms with Crippen molar-refractivity contribution in [2.45, 2.75) is 13.5 Å². The number of nitrogens with zero attached hydrogens (tertiary/aromatic N) is 1. The highest BCUT2D eigenvalue weighted by atomic mass is 32.1. The van der Waals surface area contributed by atoms with Crippen LogP contribution in [0.1, 0.15) is 20.2 Å². The Bertz CT molecular complexity index is 582. The maximum Gasteiger partial charge on any atom is 0.251 e. The van der Waals surface area contributed by atoms with Crippen molar-refractivity contribution in [1.29, 1.82) is 0 Å². The second-order valence-electron chi connectivity index (χ2n) is 3.78. The van der Waals surface area contributed by atoms with Crippen LogP contribution in [-0.2, 0) is 6.54 Å². The van der Waals surface area contributed by atoms with E-state index in [-0.39, 0.29) is 11.6 Å². The van der Waals surface area contributed by atoms with Crippen molar-refractivity contribution in [1.82, 2.24) is 10.3 Å². The topological polar surface area (TPSA) is 68.0 Å². The molecule has 0 spiro atoms. The number of thiazole rings is 1. The van der Waals surface area contributed by atoms with Gasteiger partial charge in [0.15, 0.2) is 0 Å². The SMILES string of the molecule is Cc1cnc(CNC(=O)c2ccc(F)c(N)c2)s1. The molecule has 0 saturated heterocycles. The first kappa shape index (κ1) is 12.5. The molecule has 1 aromatic carbocycles. The van der Waals surface area contributed by atoms with Gasteiger partial charge in [0.25, 0.3) is 5.91 Å². The zero-order valence-electron chi connectivity index (χ0n) is 9.74. The van der Waals surface area contributed by atoms with Gasteiger partial charge in [0.2, 0.25) is 0 Å². The zero-order valence-corrected chi connectivity index (χ0v) is 10.6. The molecule has 0 aliphatic rings. The summed E-state index contributed by atoms with van der Waals surface area (Å²) in [6.45, 7) is 2.30. The Kier molecular flexibility index (Phi) is 3.57. The van der Waals surface area contributed by atoms with Crippen molar-refractivity contribution in [3.8, 4) is 0 Å².